The first-order valence-electron chi connectivity index (χ1n) is 3.11. The van der Waals surface area contributed by atoms with Crippen LogP contribution >= 0.6 is 0 Å². The molecule has 1 rings (SSSR count). The molecule has 0 nitrogen and oxygen atoms in total. The van der Waals surface area contributed by atoms with E-state index in [2.05, 4.69) is 56.3 Å². The summed E-state index contributed by atoms with van der Waals surface area (Å²) < 4.78 is 0. The molecule has 0 unspecified atom stereocenters. The van der Waals surface area contributed by atoms with E-state index in [1.165, 1.54) is 11.1 Å². The molecule has 0 aliphatic rings. The van der Waals surface area contributed by atoms with E-state index in [1.807, 2.05) is 0 Å². The molecule has 0 heterocycles. The summed E-state index contributed by atoms with van der Waals surface area (Å²) in [6.45, 7) is 0. The molecular weight excluding hydrogens is 254 g/mol. The molecule has 1 aromatic rings. The van der Waals surface area contributed by atoms with E-state index in [9.17, 15) is 0 Å². The van der Waals surface area contributed by atoms with Crippen LogP contribution < -0.4 is 0 Å². The van der Waals surface area contributed by atoms with Gasteiger partial charge in [0.25, 0.3) is 0 Å². The Balaban J connectivity index is 2.96. The summed E-state index contributed by atoms with van der Waals surface area (Å²) in [5.41, 5.74) is 2.81. The molecule has 0 N–H and O–H groups in total. The third kappa shape index (κ3) is 1.87. The van der Waals surface area contributed by atoms with Gasteiger partial charge in [-0.15, -0.1) is 0 Å². The summed E-state index contributed by atoms with van der Waals surface area (Å²) in [5, 5.41) is 2.02. The van der Waals surface area contributed by atoms with Crippen molar-refractivity contribution in [3.8, 4) is 0 Å². The maximum atomic E-state index is 3.02. The van der Waals surface area contributed by atoms with Crippen molar-refractivity contribution in [2.45, 2.75) is 10.6 Å². The third-order valence-electron chi connectivity index (χ3n) is 1.43. The van der Waals surface area contributed by atoms with Gasteiger partial charge < -0.3 is 0 Å². The Kier molecular flexibility index (Phi) is 3.51. The predicted octanol–water partition coefficient (Wildman–Crippen LogP) is 1.02. The first-order chi connectivity index (χ1) is 4.88. The molecule has 0 atom stereocenters. The van der Waals surface area contributed by atoms with Gasteiger partial charge in [-0.1, -0.05) is 0 Å². The zero-order valence-electron chi connectivity index (χ0n) is 5.54. The quantitative estimate of drug-likeness (QED) is 0.698. The Labute approximate surface area is 78.0 Å². The van der Waals surface area contributed by atoms with Crippen molar-refractivity contribution in [2.24, 2.45) is 0 Å². The summed E-state index contributed by atoms with van der Waals surface area (Å²) in [5.74, 6) is 0. The fourth-order valence-corrected chi connectivity index (χ4v) is 2.02. The number of hydrogen-bond donors (Lipinski definition) is 0. The Bertz CT molecular complexity index is 185. The van der Waals surface area contributed by atoms with E-state index in [0.717, 1.165) is 10.6 Å². The van der Waals surface area contributed by atoms with Crippen molar-refractivity contribution in [1.82, 2.24) is 0 Å². The zero-order valence-corrected chi connectivity index (χ0v) is 8.97. The van der Waals surface area contributed by atoms with Crippen LogP contribution in [0.2, 0.25) is 0 Å². The van der Waals surface area contributed by atoms with Gasteiger partial charge in [-0.2, -0.15) is 0 Å². The Morgan fingerprint density at radius 3 is 2.20 bits per heavy atom. The van der Waals surface area contributed by atoms with Gasteiger partial charge in [0.1, 0.15) is 0 Å². The summed E-state index contributed by atoms with van der Waals surface area (Å²) >= 11 is 6.04. The summed E-state index contributed by atoms with van der Waals surface area (Å²) in [4.78, 5) is 0. The van der Waals surface area contributed by atoms with Crippen molar-refractivity contribution in [3.05, 3.63) is 35.4 Å². The summed E-state index contributed by atoms with van der Waals surface area (Å²) in [6.07, 6.45) is 0. The van der Waals surface area contributed by atoms with E-state index >= 15 is 0 Å². The van der Waals surface area contributed by atoms with Crippen LogP contribution in [0.3, 0.4) is 0 Å². The van der Waals surface area contributed by atoms with Crippen LogP contribution in [0.4, 0.5) is 0 Å². The molecule has 1 aromatic carbocycles. The van der Waals surface area contributed by atoms with E-state index in [1.54, 1.807) is 0 Å². The van der Waals surface area contributed by atoms with Gasteiger partial charge in [0, 0.05) is 0 Å². The molecule has 0 saturated heterocycles. The molecule has 0 amide bonds. The van der Waals surface area contributed by atoms with E-state index < -0.39 is 0 Å². The van der Waals surface area contributed by atoms with E-state index in [0.29, 0.717) is 0 Å². The molecule has 0 aliphatic heterocycles. The zero-order chi connectivity index (χ0) is 7.40. The predicted molar refractivity (Wildman–Crippen MR) is 45.4 cm³/mol. The maximum absolute atomic E-state index is 3.02. The molecule has 0 spiro atoms. The van der Waals surface area contributed by atoms with Crippen LogP contribution in [0.25, 0.3) is 0 Å². The van der Waals surface area contributed by atoms with Crippen LogP contribution in [-0.2, 0) is 10.6 Å². The minimum absolute atomic E-state index is 1.01. The number of benzene rings is 1. The van der Waals surface area contributed by atoms with Crippen molar-refractivity contribution in [3.63, 3.8) is 0 Å². The van der Waals surface area contributed by atoms with Crippen molar-refractivity contribution in [1.29, 1.82) is 0 Å². The van der Waals surface area contributed by atoms with Crippen LogP contribution in [0, 0.1) is 0 Å². The summed E-state index contributed by atoms with van der Waals surface area (Å²) in [7, 11) is 0. The van der Waals surface area contributed by atoms with Crippen LogP contribution in [-0.4, -0.2) is 32.0 Å². The molecule has 0 aliphatic carbocycles. The molecule has 53 valence electrons. The molecule has 2 heteroatoms. The molecule has 0 saturated carbocycles. The Hall–Kier alpha value is 0.259. The molecule has 10 heavy (non-hydrogen) atoms. The first kappa shape index (κ1) is 8.36. The van der Waals surface area contributed by atoms with Crippen LogP contribution in [0.15, 0.2) is 24.3 Å². The van der Waals surface area contributed by atoms with Gasteiger partial charge in [-0.3, -0.25) is 0 Å². The molecule has 0 aromatic heterocycles. The number of hydrogen-bond acceptors (Lipinski definition) is 0. The topological polar surface area (TPSA) is 0 Å². The Morgan fingerprint density at radius 1 is 1.20 bits per heavy atom. The third-order valence-corrected chi connectivity index (χ3v) is 2.73. The minimum atomic E-state index is 1.01. The van der Waals surface area contributed by atoms with Gasteiger partial charge in [-0.25, -0.2) is 0 Å². The van der Waals surface area contributed by atoms with Gasteiger partial charge in [0.2, 0.25) is 0 Å². The summed E-state index contributed by atoms with van der Waals surface area (Å²) in [6, 6.07) is 8.46. The monoisotopic (exact) mass is 264 g/mol. The molecule has 0 fully saturated rings. The van der Waals surface area contributed by atoms with Crippen molar-refractivity contribution >= 4 is 32.0 Å². The normalized spacial score (nSPS) is 9.80. The second-order valence-electron chi connectivity index (χ2n) is 2.06. The average Bonchev–Trinajstić information content (AvgIpc) is 2.04. The van der Waals surface area contributed by atoms with Gasteiger partial charge >= 0.3 is 78.1 Å². The fraction of sp³-hybridized carbons (Fsp3) is 0.250. The fourth-order valence-electron chi connectivity index (χ4n) is 0.839. The molecule has 1 radical (unpaired) electrons. The van der Waals surface area contributed by atoms with Crippen LogP contribution in [0.1, 0.15) is 11.1 Å². The average molecular weight is 262 g/mol. The standard InChI is InChI=1S/C8H9Se2/c9-5-7-3-1-2-4-8(7)6-10/h1-4,9H,5-6H2/p-1. The van der Waals surface area contributed by atoms with E-state index in [4.69, 9.17) is 0 Å². The van der Waals surface area contributed by atoms with Gasteiger partial charge in [0.05, 0.1) is 0 Å². The first-order valence-corrected chi connectivity index (χ1v) is 5.53. The van der Waals surface area contributed by atoms with E-state index in [-0.39, 0.29) is 0 Å². The Morgan fingerprint density at radius 2 is 1.80 bits per heavy atom. The van der Waals surface area contributed by atoms with Crippen LogP contribution in [0.5, 0.6) is 0 Å². The van der Waals surface area contributed by atoms with Crippen molar-refractivity contribution in [2.75, 3.05) is 0 Å². The van der Waals surface area contributed by atoms with Crippen molar-refractivity contribution < 1.29 is 0 Å². The SMILES string of the molecule is [Se]Cc1ccccc1C[Se-]. The second kappa shape index (κ2) is 4.20. The molecule has 0 bridgehead atoms. The van der Waals surface area contributed by atoms with Gasteiger partial charge in [0.15, 0.2) is 0 Å². The van der Waals surface area contributed by atoms with Gasteiger partial charge in [-0.05, 0) is 0 Å². The number of rotatable bonds is 2. The molecular formula is C8H8Se2-. The second-order valence-corrected chi connectivity index (χ2v) is 3.27.